The highest BCUT2D eigenvalue weighted by Gasteiger charge is 1.87. The summed E-state index contributed by atoms with van der Waals surface area (Å²) in [6.07, 6.45) is 0. The van der Waals surface area contributed by atoms with Crippen LogP contribution in [0.15, 0.2) is 0 Å². The number of carbonyl (C=O) groups is 1. The van der Waals surface area contributed by atoms with Crippen molar-refractivity contribution in [2.24, 2.45) is 17.2 Å². The van der Waals surface area contributed by atoms with Crippen molar-refractivity contribution in [1.29, 1.82) is 0 Å². The number of urea groups is 1. The van der Waals surface area contributed by atoms with Gasteiger partial charge in [0.1, 0.15) is 0 Å². The van der Waals surface area contributed by atoms with Crippen LogP contribution < -0.4 is 40.8 Å². The predicted octanol–water partition coefficient (Wildman–Crippen LogP) is -8.34. The number of primary amides is 1. The van der Waals surface area contributed by atoms with E-state index in [2.05, 4.69) is 5.73 Å². The smallest absolute Gasteiger partial charge is 0.310 e. The van der Waals surface area contributed by atoms with E-state index in [-0.39, 0.29) is 5.96 Å². The topological polar surface area (TPSA) is 201 Å². The van der Waals surface area contributed by atoms with Gasteiger partial charge in [0.15, 0.2) is 0 Å². The van der Waals surface area contributed by atoms with Crippen molar-refractivity contribution in [2.45, 2.75) is 0 Å². The van der Waals surface area contributed by atoms with Gasteiger partial charge in [-0.05, 0) is 0 Å². The molecule has 0 aliphatic heterocycles. The van der Waals surface area contributed by atoms with E-state index in [1.807, 2.05) is 4.99 Å². The minimum absolute atomic E-state index is 0.187. The Morgan fingerprint density at radius 3 is 1.33 bits per heavy atom. The third-order valence-corrected chi connectivity index (χ3v) is 0.268. The van der Waals surface area contributed by atoms with E-state index in [0.29, 0.717) is 0 Å². The zero-order chi connectivity index (χ0) is 10.4. The Kier molecular flexibility index (Phi) is 6.18. The molecule has 0 aromatic rings. The molecule has 0 atom stereocenters. The first-order valence-electron chi connectivity index (χ1n) is 2.19. The molecule has 0 fully saturated rings. The Morgan fingerprint density at radius 1 is 1.08 bits per heavy atom. The molecule has 0 saturated carbocycles. The molecule has 7 N–H and O–H groups in total. The van der Waals surface area contributed by atoms with Crippen LogP contribution in [0.1, 0.15) is 0 Å². The molecular weight excluding hydrogens is 195 g/mol. The second-order valence-corrected chi connectivity index (χ2v) is 2.08. The number of nitrogens with two attached hydrogens (primary N) is 3. The molecule has 0 spiro atoms. The SMILES string of the molecule is NC(=O)[NH+]=C(N)N.[O-][Cl+3]([O-])([O-])[O-]. The summed E-state index contributed by atoms with van der Waals surface area (Å²) in [7, 11) is -4.94. The molecule has 0 aliphatic carbocycles. The van der Waals surface area contributed by atoms with Gasteiger partial charge in [-0.3, -0.25) is 0 Å². The number of hydrogen-bond acceptors (Lipinski definition) is 5. The molecule has 0 radical (unpaired) electrons. The van der Waals surface area contributed by atoms with Crippen LogP contribution in [0.4, 0.5) is 4.79 Å². The van der Waals surface area contributed by atoms with Crippen molar-refractivity contribution in [2.75, 3.05) is 0 Å². The van der Waals surface area contributed by atoms with Crippen molar-refractivity contribution >= 4 is 12.0 Å². The van der Waals surface area contributed by atoms with Crippen LogP contribution in [0.5, 0.6) is 0 Å². The standard InChI is InChI=1S/C2H6N4O.ClHO4/c3-1(4)6-2(5)7;2-1(3,4)5/h(H6,3,4,5,6,7);(H,2,3,4,5). The molecule has 12 heavy (non-hydrogen) atoms. The first-order chi connectivity index (χ1) is 5.13. The Morgan fingerprint density at radius 2 is 1.33 bits per heavy atom. The van der Waals surface area contributed by atoms with Crippen molar-refractivity contribution in [1.82, 2.24) is 0 Å². The van der Waals surface area contributed by atoms with E-state index in [1.165, 1.54) is 0 Å². The lowest BCUT2D eigenvalue weighted by atomic mass is 11.0. The fourth-order valence-electron chi connectivity index (χ4n) is 0.142. The lowest BCUT2D eigenvalue weighted by molar-refractivity contribution is -2.00. The lowest BCUT2D eigenvalue weighted by Crippen LogP contribution is -2.83. The molecule has 0 saturated heterocycles. The van der Waals surface area contributed by atoms with Crippen molar-refractivity contribution in [3.8, 4) is 0 Å². The van der Waals surface area contributed by atoms with Crippen LogP contribution in [0, 0.1) is 10.2 Å². The fourth-order valence-corrected chi connectivity index (χ4v) is 0.142. The molecule has 2 amide bonds. The van der Waals surface area contributed by atoms with E-state index in [9.17, 15) is 4.79 Å². The highest BCUT2D eigenvalue weighted by molar-refractivity contribution is 5.75. The van der Waals surface area contributed by atoms with E-state index in [4.69, 9.17) is 30.1 Å². The maximum atomic E-state index is 9.74. The third kappa shape index (κ3) is 66.7. The average molecular weight is 203 g/mol. The fraction of sp³-hybridized carbons (Fsp3) is 0. The van der Waals surface area contributed by atoms with Gasteiger partial charge in [0, 0.05) is 0 Å². The molecule has 0 unspecified atom stereocenters. The molecule has 0 aromatic heterocycles. The molecule has 9 nitrogen and oxygen atoms in total. The van der Waals surface area contributed by atoms with Gasteiger partial charge in [-0.15, -0.1) is 10.2 Å². The number of rotatable bonds is 0. The second kappa shape index (κ2) is 5.51. The van der Waals surface area contributed by atoms with E-state index in [1.54, 1.807) is 0 Å². The number of hydrogen-bond donors (Lipinski definition) is 4. The quantitative estimate of drug-likeness (QED) is 0.220. The average Bonchev–Trinajstić information content (AvgIpc) is 1.52. The molecule has 0 rings (SSSR count). The van der Waals surface area contributed by atoms with E-state index >= 15 is 0 Å². The lowest BCUT2D eigenvalue weighted by Gasteiger charge is -2.17. The molecule has 0 bridgehead atoms. The minimum Gasteiger partial charge on any atom is -0.310 e. The summed E-state index contributed by atoms with van der Waals surface area (Å²) in [6, 6.07) is -0.750. The largest absolute Gasteiger partial charge is 0.404 e. The molecule has 0 aliphatic rings. The second-order valence-electron chi connectivity index (χ2n) is 1.32. The van der Waals surface area contributed by atoms with Crippen LogP contribution in [0.2, 0.25) is 0 Å². The van der Waals surface area contributed by atoms with Gasteiger partial charge >= 0.3 is 12.0 Å². The number of guanidine groups is 1. The van der Waals surface area contributed by atoms with E-state index < -0.39 is 16.3 Å². The van der Waals surface area contributed by atoms with Gasteiger partial charge in [-0.1, -0.05) is 0 Å². The van der Waals surface area contributed by atoms with Crippen molar-refractivity contribution in [3.05, 3.63) is 0 Å². The van der Waals surface area contributed by atoms with Crippen LogP contribution in [0.25, 0.3) is 0 Å². The summed E-state index contributed by atoms with van der Waals surface area (Å²) in [4.78, 5) is 11.7. The van der Waals surface area contributed by atoms with Crippen LogP contribution in [-0.4, -0.2) is 12.0 Å². The zero-order valence-corrected chi connectivity index (χ0v) is 6.41. The monoisotopic (exact) mass is 202 g/mol. The third-order valence-electron chi connectivity index (χ3n) is 0.268. The maximum absolute atomic E-state index is 9.74. The van der Waals surface area contributed by atoms with Gasteiger partial charge < -0.3 is 17.2 Å². The van der Waals surface area contributed by atoms with Crippen molar-refractivity contribution in [3.63, 3.8) is 0 Å². The summed E-state index contributed by atoms with van der Waals surface area (Å²) in [5.41, 5.74) is 14.1. The first kappa shape index (κ1) is 13.5. The summed E-state index contributed by atoms with van der Waals surface area (Å²) < 4.78 is 34.0. The van der Waals surface area contributed by atoms with Gasteiger partial charge in [0.05, 0.1) is 0 Å². The van der Waals surface area contributed by atoms with Crippen LogP contribution in [-0.2, 0) is 0 Å². The summed E-state index contributed by atoms with van der Waals surface area (Å²) >= 11 is 0. The molecular formula is C2H7ClN4O5. The van der Waals surface area contributed by atoms with Gasteiger partial charge in [0.25, 0.3) is 0 Å². The molecule has 0 aromatic carbocycles. The Hall–Kier alpha value is -1.13. The van der Waals surface area contributed by atoms with Crippen molar-refractivity contribution < 1.29 is 38.7 Å². The Balaban J connectivity index is 0. The summed E-state index contributed by atoms with van der Waals surface area (Å²) in [5, 5.41) is 0. The number of halogens is 1. The Bertz CT molecular complexity index is 165. The van der Waals surface area contributed by atoms with Gasteiger partial charge in [0.2, 0.25) is 0 Å². The van der Waals surface area contributed by atoms with Gasteiger partial charge in [-0.25, -0.2) is 28.4 Å². The highest BCUT2D eigenvalue weighted by atomic mass is 35.7. The normalized spacial score (nSPS) is 9.33. The zero-order valence-electron chi connectivity index (χ0n) is 5.65. The first-order valence-corrected chi connectivity index (χ1v) is 3.42. The molecule has 0 heterocycles. The number of carbonyl (C=O) groups excluding carboxylic acids is 1. The van der Waals surface area contributed by atoms with Crippen LogP contribution >= 0.6 is 0 Å². The Labute approximate surface area is 68.8 Å². The molecule has 10 heteroatoms. The number of nitrogens with one attached hydrogen (secondary N) is 1. The summed E-state index contributed by atoms with van der Waals surface area (Å²) in [5.74, 6) is -0.187. The molecule has 72 valence electrons. The minimum atomic E-state index is -4.94. The highest BCUT2D eigenvalue weighted by Crippen LogP contribution is 1.49. The van der Waals surface area contributed by atoms with Crippen LogP contribution in [0.3, 0.4) is 0 Å². The van der Waals surface area contributed by atoms with Gasteiger partial charge in [-0.2, -0.15) is 0 Å². The van der Waals surface area contributed by atoms with E-state index in [0.717, 1.165) is 0 Å². The number of amides is 2. The predicted molar refractivity (Wildman–Crippen MR) is 23.9 cm³/mol. The summed E-state index contributed by atoms with van der Waals surface area (Å²) in [6.45, 7) is 0. The maximum Gasteiger partial charge on any atom is 0.404 e.